The Labute approximate surface area is 594 Å². The van der Waals surface area contributed by atoms with Crippen molar-refractivity contribution < 1.29 is 43.8 Å². The number of fused-ring (bicyclic) bond motifs is 6. The van der Waals surface area contributed by atoms with Gasteiger partial charge < -0.3 is 57.1 Å². The van der Waals surface area contributed by atoms with Gasteiger partial charge in [0, 0.05) is 56.6 Å². The van der Waals surface area contributed by atoms with Crippen LogP contribution in [0.15, 0.2) is 186 Å². The number of halogens is 5. The number of para-hydroxylation sites is 1. The largest absolute Gasteiger partial charge is 0.486 e. The highest BCUT2D eigenvalue weighted by molar-refractivity contribution is 9.10. The Morgan fingerprint density at radius 1 is 0.426 bits per heavy atom. The van der Waals surface area contributed by atoms with Crippen LogP contribution in [0.2, 0.25) is 5.02 Å². The van der Waals surface area contributed by atoms with Crippen molar-refractivity contribution in [2.24, 2.45) is 0 Å². The molecule has 1 fully saturated rings. The summed E-state index contributed by atoms with van der Waals surface area (Å²) in [7, 11) is 0. The van der Waals surface area contributed by atoms with Gasteiger partial charge in [-0.25, -0.2) is 58.6 Å². The number of ether oxygens (including phenoxy) is 2. The number of hydrogen-bond donors (Lipinski definition) is 8. The zero-order valence-electron chi connectivity index (χ0n) is 53.1. The van der Waals surface area contributed by atoms with E-state index >= 15 is 0 Å². The van der Waals surface area contributed by atoms with E-state index in [0.717, 1.165) is 56.9 Å². The predicted molar refractivity (Wildman–Crippen MR) is 383 cm³/mol. The molecular formula is C70H60Br2ClF2N19O7. The fourth-order valence-electron chi connectivity index (χ4n) is 11.3. The van der Waals surface area contributed by atoms with Gasteiger partial charge in [0.05, 0.1) is 146 Å². The summed E-state index contributed by atoms with van der Waals surface area (Å²) in [5.41, 5.74) is 31.0. The smallest absolute Gasteiger partial charge is 0.170 e. The van der Waals surface area contributed by atoms with E-state index in [1.165, 1.54) is 36.9 Å². The van der Waals surface area contributed by atoms with Crippen LogP contribution in [0.4, 0.5) is 32.1 Å². The SMILES string of the molecule is Nc1cn2c(CO)c(-c3ccc(Br)cc3)nc2cn1.Nc1cn2c(CO)c(-c3ccc(Cl)cc3)nc2cn1.Nc1cn2c(CO)c(-c3ccc(F)cc3)nc2cn1.OCc1c(-c2ccc(F)cc2)nc2cnc(N3CCC3)cn12.OCc1c(-c2cccc3c2OCCO3)nc2cnc(Br)cn12. The number of rotatable bonds is 11. The second-order valence-corrected chi connectivity index (χ2v) is 24.7. The average molecular weight is 1510 g/mol. The average Bonchev–Trinajstić information content (AvgIpc) is 1.68. The van der Waals surface area contributed by atoms with Crippen molar-refractivity contribution in [2.45, 2.75) is 39.5 Å². The van der Waals surface area contributed by atoms with Crippen LogP contribution in [-0.2, 0) is 33.0 Å². The second kappa shape index (κ2) is 30.2. The molecule has 2 aliphatic heterocycles. The van der Waals surface area contributed by atoms with Crippen LogP contribution in [0.1, 0.15) is 34.9 Å². The topological polar surface area (TPSA) is 352 Å². The molecule has 0 aliphatic carbocycles. The highest BCUT2D eigenvalue weighted by Gasteiger charge is 2.24. The fourth-order valence-corrected chi connectivity index (χ4v) is 12.0. The molecule has 101 heavy (non-hydrogen) atoms. The van der Waals surface area contributed by atoms with Gasteiger partial charge in [-0.05, 0) is 107 Å². The van der Waals surface area contributed by atoms with E-state index in [-0.39, 0.29) is 44.7 Å². The van der Waals surface area contributed by atoms with Crippen molar-refractivity contribution in [3.05, 3.63) is 231 Å². The fraction of sp³-hybridized carbons (Fsp3) is 0.143. The molecule has 26 nitrogen and oxygen atoms in total. The van der Waals surface area contributed by atoms with Crippen LogP contribution < -0.4 is 31.6 Å². The summed E-state index contributed by atoms with van der Waals surface area (Å²) in [6, 6.07) is 32.8. The summed E-state index contributed by atoms with van der Waals surface area (Å²) in [6.45, 7) is 2.31. The molecule has 15 aromatic rings. The predicted octanol–water partition coefficient (Wildman–Crippen LogP) is 10.6. The van der Waals surface area contributed by atoms with Gasteiger partial charge >= 0.3 is 0 Å². The molecule has 1 saturated heterocycles. The van der Waals surface area contributed by atoms with E-state index in [9.17, 15) is 34.3 Å². The van der Waals surface area contributed by atoms with E-state index in [2.05, 4.69) is 86.6 Å². The number of hydrogen-bond acceptors (Lipinski definition) is 21. The van der Waals surface area contributed by atoms with Gasteiger partial charge in [0.1, 0.15) is 52.7 Å². The monoisotopic (exact) mass is 1510 g/mol. The van der Waals surface area contributed by atoms with Crippen molar-refractivity contribution in [3.63, 3.8) is 0 Å². The summed E-state index contributed by atoms with van der Waals surface area (Å²) < 4.78 is 47.9. The quantitative estimate of drug-likeness (QED) is 0.0596. The molecule has 0 bridgehead atoms. The normalized spacial score (nSPS) is 12.3. The molecule has 11 N–H and O–H groups in total. The molecule has 31 heteroatoms. The van der Waals surface area contributed by atoms with Crippen LogP contribution in [-0.4, -0.2) is 124 Å². The number of aliphatic hydroxyl groups excluding tert-OH is 5. The highest BCUT2D eigenvalue weighted by Crippen LogP contribution is 2.41. The molecule has 12 heterocycles. The summed E-state index contributed by atoms with van der Waals surface area (Å²) in [4.78, 5) is 45.2. The minimum absolute atomic E-state index is 0.115. The van der Waals surface area contributed by atoms with Crippen LogP contribution in [0.25, 0.3) is 84.5 Å². The first kappa shape index (κ1) is 68.4. The minimum atomic E-state index is -0.316. The van der Waals surface area contributed by atoms with Crippen molar-refractivity contribution in [3.8, 4) is 67.8 Å². The van der Waals surface area contributed by atoms with Gasteiger partial charge in [-0.3, -0.25) is 22.0 Å². The molecule has 0 unspecified atom stereocenters. The summed E-state index contributed by atoms with van der Waals surface area (Å²) >= 11 is 12.6. The van der Waals surface area contributed by atoms with Gasteiger partial charge in [-0.1, -0.05) is 57.9 Å². The van der Waals surface area contributed by atoms with Crippen LogP contribution >= 0.6 is 43.5 Å². The van der Waals surface area contributed by atoms with Gasteiger partial charge in [0.15, 0.2) is 39.7 Å². The van der Waals surface area contributed by atoms with Gasteiger partial charge in [0.25, 0.3) is 0 Å². The van der Waals surface area contributed by atoms with Crippen molar-refractivity contribution in [2.75, 3.05) is 48.4 Å². The third kappa shape index (κ3) is 14.5. The molecule has 0 amide bonds. The molecule has 5 aromatic carbocycles. The van der Waals surface area contributed by atoms with Crippen LogP contribution in [0.5, 0.6) is 11.5 Å². The first-order valence-corrected chi connectivity index (χ1v) is 33.1. The molecule has 17 rings (SSSR count). The van der Waals surface area contributed by atoms with Crippen LogP contribution in [0, 0.1) is 11.6 Å². The van der Waals surface area contributed by atoms with Crippen molar-refractivity contribution >= 4 is 95.0 Å². The number of anilines is 4. The Morgan fingerprint density at radius 3 is 1.22 bits per heavy atom. The molecule has 10 aromatic heterocycles. The van der Waals surface area contributed by atoms with E-state index < -0.39 is 0 Å². The summed E-state index contributed by atoms with van der Waals surface area (Å²) in [5, 5.41) is 48.9. The molecule has 512 valence electrons. The summed E-state index contributed by atoms with van der Waals surface area (Å²) in [5.74, 6) is 2.75. The maximum absolute atomic E-state index is 13.1. The molecule has 2 aliphatic rings. The molecule has 0 atom stereocenters. The zero-order chi connectivity index (χ0) is 70.4. The van der Waals surface area contributed by atoms with Crippen molar-refractivity contribution in [1.29, 1.82) is 0 Å². The number of nitrogen functional groups attached to an aromatic ring is 3. The Balaban J connectivity index is 0.000000113. The maximum atomic E-state index is 13.1. The van der Waals surface area contributed by atoms with E-state index in [1.807, 2.05) is 69.6 Å². The number of aliphatic hydroxyl groups is 5. The lowest BCUT2D eigenvalue weighted by Crippen LogP contribution is -2.37. The minimum Gasteiger partial charge on any atom is -0.486 e. The third-order valence-electron chi connectivity index (χ3n) is 16.3. The standard InChI is InChI=1S/C16H15FN4O.C15H12BrN3O3.C13H11BrN4O.C13H11ClN4O.C13H11FN4O/c17-12-4-2-11(3-5-12)16-13(10-22)21-9-15(20-6-1-7-20)18-8-14(21)19-16;16-12-7-19-10(8-20)14(18-13(19)6-17-12)9-2-1-3-11-15(9)22-5-4-21-11;3*14-9-3-1-8(2-4-9)13-10(7-19)18-6-11(15)16-5-12(18)17-13/h2-5,8-9,22H,1,6-7,10H2;1-3,6-7,20H,4-5,8H2;3*1-6,19H,7,15H2. The third-order valence-corrected chi connectivity index (χ3v) is 17.5. The number of imidazole rings is 5. The maximum Gasteiger partial charge on any atom is 0.170 e. The van der Waals surface area contributed by atoms with E-state index in [0.29, 0.717) is 131 Å². The molecular weight excluding hydrogens is 1450 g/mol. The Morgan fingerprint density at radius 2 is 0.792 bits per heavy atom. The van der Waals surface area contributed by atoms with E-state index in [4.69, 9.17) is 38.3 Å². The first-order valence-electron chi connectivity index (χ1n) is 31.1. The number of benzene rings is 5. The molecule has 0 saturated carbocycles. The Bertz CT molecular complexity index is 5160. The van der Waals surface area contributed by atoms with Gasteiger partial charge in [-0.15, -0.1) is 0 Å². The lowest BCUT2D eigenvalue weighted by Gasteiger charge is -2.31. The Hall–Kier alpha value is -11.1. The lowest BCUT2D eigenvalue weighted by atomic mass is 10.1. The van der Waals surface area contributed by atoms with Crippen molar-refractivity contribution in [1.82, 2.24) is 71.8 Å². The second-order valence-electron chi connectivity index (χ2n) is 22.6. The van der Waals surface area contributed by atoms with Gasteiger partial charge in [-0.2, -0.15) is 0 Å². The van der Waals surface area contributed by atoms with E-state index in [1.54, 1.807) is 99.2 Å². The number of nitrogens with zero attached hydrogens (tertiary/aromatic N) is 16. The van der Waals surface area contributed by atoms with Crippen LogP contribution in [0.3, 0.4) is 0 Å². The number of nitrogens with two attached hydrogens (primary N) is 3. The number of aromatic nitrogens is 15. The zero-order valence-corrected chi connectivity index (χ0v) is 57.1. The lowest BCUT2D eigenvalue weighted by molar-refractivity contribution is 0.172. The first-order chi connectivity index (χ1) is 49.1. The molecule has 0 spiro atoms. The molecule has 0 radical (unpaired) electrons. The summed E-state index contributed by atoms with van der Waals surface area (Å²) in [6.07, 6.45) is 17.8. The highest BCUT2D eigenvalue weighted by atomic mass is 79.9. The Kier molecular flexibility index (Phi) is 20.4. The van der Waals surface area contributed by atoms with Gasteiger partial charge in [0.2, 0.25) is 0 Å².